The zero-order valence-electron chi connectivity index (χ0n) is 29.7. The molecule has 0 saturated carbocycles. The standard InChI is InChI=1S/C34H40ClN7O10S2/c1-33(2,31(50)51)52-39-22(19-16-54-32(36)37-19)26(45)38-23-28(47)41-24(30(48)49)17(15-53-29(23)41)14-42(3)12-8-34(9-13-42)6-10-40(11-7-34)27(46)18-4-5-20(43)25(44)21(18)35/h4-5,16,23,29H,6-15H2,1-3H3,(H6-,36,37,38,39,43,44,45,46,48,49,50,51)/p+1/t23-,29-/m1/s1. The molecule has 2 atom stereocenters. The lowest BCUT2D eigenvalue weighted by Crippen LogP contribution is -2.71. The number of rotatable bonds is 10. The number of anilines is 1. The number of aromatic nitrogens is 1. The summed E-state index contributed by atoms with van der Waals surface area (Å²) in [5, 5.41) is 46.5. The number of likely N-dealkylation sites (N-methyl/N-ethyl adjacent to an activating group) is 1. The maximum absolute atomic E-state index is 13.5. The van der Waals surface area contributed by atoms with Crippen LogP contribution in [0.25, 0.3) is 0 Å². The summed E-state index contributed by atoms with van der Waals surface area (Å²) < 4.78 is 0.579. The maximum atomic E-state index is 13.5. The Kier molecular flexibility index (Phi) is 10.6. The van der Waals surface area contributed by atoms with Gasteiger partial charge in [0, 0.05) is 42.6 Å². The summed E-state index contributed by atoms with van der Waals surface area (Å²) in [6.07, 6.45) is 3.30. The van der Waals surface area contributed by atoms with Crippen LogP contribution in [0, 0.1) is 5.41 Å². The summed E-state index contributed by atoms with van der Waals surface area (Å²) in [5.74, 6) is -4.95. The second-order valence-corrected chi connectivity index (χ2v) is 17.2. The predicted molar refractivity (Wildman–Crippen MR) is 198 cm³/mol. The minimum absolute atomic E-state index is 0.0176. The number of carboxylic acid groups (broad SMARTS) is 2. The van der Waals surface area contributed by atoms with Crippen molar-refractivity contribution in [3.05, 3.63) is 45.1 Å². The van der Waals surface area contributed by atoms with Gasteiger partial charge in [0.05, 0.1) is 30.7 Å². The van der Waals surface area contributed by atoms with Crippen molar-refractivity contribution in [3.63, 3.8) is 0 Å². The van der Waals surface area contributed by atoms with Gasteiger partial charge in [-0.3, -0.25) is 19.3 Å². The lowest BCUT2D eigenvalue weighted by atomic mass is 9.70. The lowest BCUT2D eigenvalue weighted by Gasteiger charge is -2.52. The van der Waals surface area contributed by atoms with Crippen LogP contribution in [-0.2, 0) is 24.0 Å². The molecule has 0 aliphatic carbocycles. The fourth-order valence-corrected chi connectivity index (χ4v) is 9.38. The highest BCUT2D eigenvalue weighted by molar-refractivity contribution is 8.00. The first-order valence-corrected chi connectivity index (χ1v) is 19.4. The van der Waals surface area contributed by atoms with Gasteiger partial charge in [-0.05, 0) is 44.2 Å². The number of fused-ring (bicyclic) bond motifs is 1. The number of nitrogens with one attached hydrogen (secondary N) is 1. The Balaban J connectivity index is 1.09. The van der Waals surface area contributed by atoms with Gasteiger partial charge in [0.2, 0.25) is 5.60 Å². The van der Waals surface area contributed by atoms with E-state index in [4.69, 9.17) is 22.2 Å². The number of hydrogen-bond acceptors (Lipinski definition) is 13. The molecule has 2 aromatic rings. The molecule has 7 N–H and O–H groups in total. The zero-order chi connectivity index (χ0) is 39.3. The molecule has 6 rings (SSSR count). The Morgan fingerprint density at radius 1 is 1.15 bits per heavy atom. The molecule has 0 unspecified atom stereocenters. The summed E-state index contributed by atoms with van der Waals surface area (Å²) in [6.45, 7) is 5.48. The molecule has 4 aliphatic rings. The smallest absolute Gasteiger partial charge is 0.352 e. The first-order chi connectivity index (χ1) is 25.4. The predicted octanol–water partition coefficient (Wildman–Crippen LogP) is 2.28. The summed E-state index contributed by atoms with van der Waals surface area (Å²) >= 11 is 8.51. The number of thiazole rings is 1. The van der Waals surface area contributed by atoms with Crippen molar-refractivity contribution < 1.29 is 53.7 Å². The van der Waals surface area contributed by atoms with Crippen LogP contribution in [0.1, 0.15) is 55.6 Å². The van der Waals surface area contributed by atoms with Crippen LogP contribution >= 0.6 is 34.7 Å². The van der Waals surface area contributed by atoms with Crippen molar-refractivity contribution in [1.82, 2.24) is 20.1 Å². The molecule has 5 heterocycles. The third kappa shape index (κ3) is 7.41. The molecule has 1 aromatic heterocycles. The highest BCUT2D eigenvalue weighted by atomic mass is 35.5. The molecule has 290 valence electrons. The van der Waals surface area contributed by atoms with Crippen LogP contribution < -0.4 is 11.1 Å². The number of nitrogen functional groups attached to an aromatic ring is 1. The van der Waals surface area contributed by atoms with E-state index in [-0.39, 0.29) is 38.4 Å². The number of likely N-dealkylation sites (tertiary alicyclic amines) is 2. The van der Waals surface area contributed by atoms with Gasteiger partial charge >= 0.3 is 11.9 Å². The third-order valence-electron chi connectivity index (χ3n) is 10.8. The number of nitrogens with zero attached hydrogens (tertiary/aromatic N) is 5. The molecule has 3 amide bonds. The SMILES string of the molecule is CC(C)(O/N=C(\C(=O)N[C@@H]1C(=O)N2C(C(=O)O)=C(C[N+]3(C)CCC4(CCN(C(=O)c5ccc(O)c(O)c5Cl)CC4)CC3)CS[C@H]12)c1csc(N)n1)C(=O)O. The minimum Gasteiger partial charge on any atom is -0.504 e. The average molecular weight is 807 g/mol. The number of phenols is 2. The van der Waals surface area contributed by atoms with E-state index >= 15 is 0 Å². The van der Waals surface area contributed by atoms with Gasteiger partial charge in [-0.25, -0.2) is 14.6 Å². The van der Waals surface area contributed by atoms with Gasteiger partial charge < -0.3 is 45.7 Å². The van der Waals surface area contributed by atoms with E-state index in [1.165, 1.54) is 48.0 Å². The van der Waals surface area contributed by atoms with E-state index in [9.17, 15) is 44.4 Å². The number of oxime groups is 1. The molecule has 0 radical (unpaired) electrons. The molecule has 17 nitrogen and oxygen atoms in total. The summed E-state index contributed by atoms with van der Waals surface area (Å²) in [4.78, 5) is 76.5. The number of quaternary nitrogens is 1. The fourth-order valence-electron chi connectivity index (χ4n) is 7.26. The topological polar surface area (TPSA) is 245 Å². The second-order valence-electron chi connectivity index (χ2n) is 14.8. The van der Waals surface area contributed by atoms with Crippen LogP contribution in [0.5, 0.6) is 11.5 Å². The van der Waals surface area contributed by atoms with Crippen molar-refractivity contribution in [2.75, 3.05) is 51.3 Å². The first kappa shape index (κ1) is 39.1. The van der Waals surface area contributed by atoms with Gasteiger partial charge in [-0.1, -0.05) is 16.8 Å². The van der Waals surface area contributed by atoms with Crippen molar-refractivity contribution >= 4 is 75.2 Å². The monoisotopic (exact) mass is 806 g/mol. The Morgan fingerprint density at radius 3 is 2.41 bits per heavy atom. The van der Waals surface area contributed by atoms with Gasteiger partial charge in [-0.15, -0.1) is 23.1 Å². The van der Waals surface area contributed by atoms with E-state index in [1.54, 1.807) is 4.90 Å². The van der Waals surface area contributed by atoms with Gasteiger partial charge in [0.15, 0.2) is 22.3 Å². The number of carboxylic acids is 2. The molecule has 54 heavy (non-hydrogen) atoms. The number of halogens is 1. The second kappa shape index (κ2) is 14.6. The van der Waals surface area contributed by atoms with E-state index in [0.29, 0.717) is 35.4 Å². The summed E-state index contributed by atoms with van der Waals surface area (Å²) in [7, 11) is 2.08. The van der Waals surface area contributed by atoms with E-state index in [2.05, 4.69) is 22.5 Å². The Bertz CT molecular complexity index is 1970. The normalized spacial score (nSPS) is 22.4. The maximum Gasteiger partial charge on any atom is 0.352 e. The van der Waals surface area contributed by atoms with Crippen LogP contribution in [0.3, 0.4) is 0 Å². The number of hydrogen-bond donors (Lipinski definition) is 6. The third-order valence-corrected chi connectivity index (χ3v) is 13.2. The number of amides is 3. The lowest BCUT2D eigenvalue weighted by molar-refractivity contribution is -0.912. The minimum atomic E-state index is -1.78. The first-order valence-electron chi connectivity index (χ1n) is 17.1. The Labute approximate surface area is 323 Å². The van der Waals surface area contributed by atoms with Crippen LogP contribution in [0.15, 0.2) is 33.9 Å². The molecular weight excluding hydrogens is 766 g/mol. The molecular formula is C34H41ClN7O10S2+. The Morgan fingerprint density at radius 2 is 1.81 bits per heavy atom. The van der Waals surface area contributed by atoms with Crippen molar-refractivity contribution in [3.8, 4) is 11.5 Å². The van der Waals surface area contributed by atoms with Crippen molar-refractivity contribution in [2.45, 2.75) is 56.5 Å². The van der Waals surface area contributed by atoms with E-state index in [0.717, 1.165) is 50.1 Å². The number of carbonyl (C=O) groups is 5. The quantitative estimate of drug-likeness (QED) is 0.0665. The Hall–Kier alpha value is -4.59. The van der Waals surface area contributed by atoms with Crippen LogP contribution in [0.4, 0.5) is 5.13 Å². The van der Waals surface area contributed by atoms with Gasteiger partial charge in [0.25, 0.3) is 17.7 Å². The van der Waals surface area contributed by atoms with Crippen LogP contribution in [-0.4, -0.2) is 138 Å². The molecule has 4 aliphatic heterocycles. The average Bonchev–Trinajstić information content (AvgIpc) is 3.56. The van der Waals surface area contributed by atoms with Crippen LogP contribution in [0.2, 0.25) is 5.02 Å². The fraction of sp³-hybridized carbons (Fsp3) is 0.500. The molecule has 3 fully saturated rings. The largest absolute Gasteiger partial charge is 0.504 e. The molecule has 1 aromatic carbocycles. The number of β-lactam (4-membered cyclic amide) rings is 1. The summed E-state index contributed by atoms with van der Waals surface area (Å²) in [6, 6.07) is 1.56. The number of phenolic OH excluding ortho intramolecular Hbond substituents is 2. The highest BCUT2D eigenvalue weighted by Crippen LogP contribution is 2.46. The van der Waals surface area contributed by atoms with Crippen molar-refractivity contribution in [2.24, 2.45) is 10.6 Å². The summed E-state index contributed by atoms with van der Waals surface area (Å²) in [5.41, 5.74) is 4.27. The van der Waals surface area contributed by atoms with E-state index < -0.39 is 58.0 Å². The molecule has 20 heteroatoms. The number of benzene rings is 1. The number of carbonyl (C=O) groups excluding carboxylic acids is 3. The molecule has 1 spiro atoms. The van der Waals surface area contributed by atoms with Gasteiger partial charge in [0.1, 0.15) is 29.4 Å². The number of thioether (sulfide) groups is 1. The van der Waals surface area contributed by atoms with Crippen molar-refractivity contribution in [1.29, 1.82) is 0 Å². The number of aliphatic carboxylic acids is 2. The highest BCUT2D eigenvalue weighted by Gasteiger charge is 2.55. The van der Waals surface area contributed by atoms with Gasteiger partial charge in [-0.2, -0.15) is 0 Å². The zero-order valence-corrected chi connectivity index (χ0v) is 32.1. The molecule has 3 saturated heterocycles. The number of aromatic hydroxyl groups is 2. The van der Waals surface area contributed by atoms with E-state index in [1.807, 2.05) is 0 Å². The molecule has 0 bridgehead atoms. The number of nitrogens with two attached hydrogens (primary N) is 1. The number of piperidine rings is 2.